The molecule has 0 amide bonds. The molecule has 3 heteroatoms. The van der Waals surface area contributed by atoms with E-state index in [4.69, 9.17) is 0 Å². The van der Waals surface area contributed by atoms with E-state index in [2.05, 4.69) is 44.0 Å². The number of hydrogen-bond acceptors (Lipinski definition) is 3. The van der Waals surface area contributed by atoms with Crippen molar-refractivity contribution in [3.8, 4) is 0 Å². The molecule has 1 aliphatic heterocycles. The zero-order valence-corrected chi connectivity index (χ0v) is 15.1. The average Bonchev–Trinajstić information content (AvgIpc) is 2.79. The molecule has 1 aliphatic rings. The highest BCUT2D eigenvalue weighted by atomic mass is 32.1. The quantitative estimate of drug-likeness (QED) is 0.802. The summed E-state index contributed by atoms with van der Waals surface area (Å²) in [4.78, 5) is 5.67. The maximum absolute atomic E-state index is 3.56. The van der Waals surface area contributed by atoms with Crippen LogP contribution in [0, 0.1) is 18.8 Å². The highest BCUT2D eigenvalue weighted by Gasteiger charge is 2.19. The van der Waals surface area contributed by atoms with Crippen molar-refractivity contribution >= 4 is 11.3 Å². The SMILES string of the molecule is CCC1CCCN(Cc2cc(CNCC(C)C)sc2C)C1. The van der Waals surface area contributed by atoms with Crippen LogP contribution in [0.15, 0.2) is 6.07 Å². The maximum atomic E-state index is 3.56. The number of nitrogens with zero attached hydrogens (tertiary/aromatic N) is 1. The lowest BCUT2D eigenvalue weighted by molar-refractivity contribution is 0.164. The molecule has 1 aromatic heterocycles. The Bertz CT molecular complexity index is 425. The van der Waals surface area contributed by atoms with E-state index in [0.29, 0.717) is 0 Å². The molecule has 1 N–H and O–H groups in total. The fourth-order valence-electron chi connectivity index (χ4n) is 3.18. The number of likely N-dealkylation sites (tertiary alicyclic amines) is 1. The molecule has 120 valence electrons. The van der Waals surface area contributed by atoms with Gasteiger partial charge in [0.1, 0.15) is 0 Å². The summed E-state index contributed by atoms with van der Waals surface area (Å²) >= 11 is 1.97. The molecular weight excluding hydrogens is 276 g/mol. The van der Waals surface area contributed by atoms with Gasteiger partial charge in [-0.3, -0.25) is 4.90 Å². The van der Waals surface area contributed by atoms with Crippen molar-refractivity contribution in [2.24, 2.45) is 11.8 Å². The van der Waals surface area contributed by atoms with E-state index in [1.165, 1.54) is 42.1 Å². The Morgan fingerprint density at radius 1 is 1.43 bits per heavy atom. The first kappa shape index (κ1) is 17.0. The van der Waals surface area contributed by atoms with Crippen molar-refractivity contribution in [2.75, 3.05) is 19.6 Å². The van der Waals surface area contributed by atoms with E-state index in [9.17, 15) is 0 Å². The Balaban J connectivity index is 1.86. The summed E-state index contributed by atoms with van der Waals surface area (Å²) in [6.45, 7) is 15.0. The fraction of sp³-hybridized carbons (Fsp3) is 0.778. The predicted octanol–water partition coefficient (Wildman–Crippen LogP) is 4.42. The van der Waals surface area contributed by atoms with Crippen LogP contribution >= 0.6 is 11.3 Å². The normalized spacial score (nSPS) is 20.3. The van der Waals surface area contributed by atoms with Crippen molar-refractivity contribution in [3.05, 3.63) is 21.4 Å². The third kappa shape index (κ3) is 5.39. The summed E-state index contributed by atoms with van der Waals surface area (Å²) in [6.07, 6.45) is 4.15. The van der Waals surface area contributed by atoms with Crippen LogP contribution in [-0.4, -0.2) is 24.5 Å². The van der Waals surface area contributed by atoms with Gasteiger partial charge in [-0.05, 0) is 56.3 Å². The zero-order valence-electron chi connectivity index (χ0n) is 14.2. The van der Waals surface area contributed by atoms with Crippen LogP contribution in [0.5, 0.6) is 0 Å². The van der Waals surface area contributed by atoms with Crippen LogP contribution in [0.2, 0.25) is 0 Å². The lowest BCUT2D eigenvalue weighted by atomic mass is 9.95. The minimum absolute atomic E-state index is 0.727. The number of piperidine rings is 1. The third-order valence-corrected chi connectivity index (χ3v) is 5.59. The fourth-order valence-corrected chi connectivity index (χ4v) is 4.21. The van der Waals surface area contributed by atoms with Crippen LogP contribution < -0.4 is 5.32 Å². The number of hydrogen-bond donors (Lipinski definition) is 1. The van der Waals surface area contributed by atoms with E-state index in [1.807, 2.05) is 11.3 Å². The van der Waals surface area contributed by atoms with Crippen molar-refractivity contribution in [3.63, 3.8) is 0 Å². The second-order valence-corrected chi connectivity index (χ2v) is 8.31. The number of rotatable bonds is 7. The summed E-state index contributed by atoms with van der Waals surface area (Å²) < 4.78 is 0. The largest absolute Gasteiger partial charge is 0.312 e. The van der Waals surface area contributed by atoms with Crippen molar-refractivity contribution in [1.82, 2.24) is 10.2 Å². The van der Waals surface area contributed by atoms with Crippen molar-refractivity contribution in [1.29, 1.82) is 0 Å². The molecule has 1 fully saturated rings. The Kier molecular flexibility index (Phi) is 6.72. The molecule has 0 aromatic carbocycles. The minimum Gasteiger partial charge on any atom is -0.312 e. The summed E-state index contributed by atoms with van der Waals surface area (Å²) in [5, 5.41) is 3.56. The van der Waals surface area contributed by atoms with E-state index in [1.54, 1.807) is 5.56 Å². The highest BCUT2D eigenvalue weighted by Crippen LogP contribution is 2.26. The van der Waals surface area contributed by atoms with Crippen molar-refractivity contribution < 1.29 is 0 Å². The Morgan fingerprint density at radius 2 is 2.24 bits per heavy atom. The van der Waals surface area contributed by atoms with Crippen LogP contribution in [0.25, 0.3) is 0 Å². The first-order valence-electron chi connectivity index (χ1n) is 8.59. The van der Waals surface area contributed by atoms with Gasteiger partial charge in [-0.2, -0.15) is 0 Å². The molecule has 1 atom stereocenters. The van der Waals surface area contributed by atoms with Gasteiger partial charge in [-0.1, -0.05) is 27.2 Å². The van der Waals surface area contributed by atoms with E-state index >= 15 is 0 Å². The van der Waals surface area contributed by atoms with Gasteiger partial charge >= 0.3 is 0 Å². The third-order valence-electron chi connectivity index (χ3n) is 4.50. The predicted molar refractivity (Wildman–Crippen MR) is 93.9 cm³/mol. The number of aryl methyl sites for hydroxylation is 1. The average molecular weight is 309 g/mol. The monoisotopic (exact) mass is 308 g/mol. The van der Waals surface area contributed by atoms with Crippen LogP contribution in [-0.2, 0) is 13.1 Å². The van der Waals surface area contributed by atoms with Gasteiger partial charge in [0.05, 0.1) is 0 Å². The molecule has 2 heterocycles. The lowest BCUT2D eigenvalue weighted by Gasteiger charge is -2.32. The molecule has 21 heavy (non-hydrogen) atoms. The van der Waals surface area contributed by atoms with Crippen LogP contribution in [0.3, 0.4) is 0 Å². The molecule has 0 aliphatic carbocycles. The van der Waals surface area contributed by atoms with Gasteiger partial charge in [-0.15, -0.1) is 11.3 Å². The number of thiophene rings is 1. The van der Waals surface area contributed by atoms with E-state index in [-0.39, 0.29) is 0 Å². The highest BCUT2D eigenvalue weighted by molar-refractivity contribution is 7.12. The molecule has 2 rings (SSSR count). The van der Waals surface area contributed by atoms with Crippen LogP contribution in [0.4, 0.5) is 0 Å². The Labute approximate surface area is 134 Å². The molecule has 2 nitrogen and oxygen atoms in total. The minimum atomic E-state index is 0.727. The molecule has 0 bridgehead atoms. The molecule has 1 saturated heterocycles. The summed E-state index contributed by atoms with van der Waals surface area (Å²) in [5.41, 5.74) is 1.55. The molecule has 0 saturated carbocycles. The van der Waals surface area contributed by atoms with Gasteiger partial charge in [0.15, 0.2) is 0 Å². The molecule has 0 radical (unpaired) electrons. The maximum Gasteiger partial charge on any atom is 0.0300 e. The summed E-state index contributed by atoms with van der Waals surface area (Å²) in [5.74, 6) is 1.65. The van der Waals surface area contributed by atoms with Gasteiger partial charge in [0, 0.05) is 29.4 Å². The zero-order chi connectivity index (χ0) is 15.2. The van der Waals surface area contributed by atoms with Crippen molar-refractivity contribution in [2.45, 2.75) is 60.0 Å². The lowest BCUT2D eigenvalue weighted by Crippen LogP contribution is -2.34. The van der Waals surface area contributed by atoms with Gasteiger partial charge in [0.25, 0.3) is 0 Å². The Hall–Kier alpha value is -0.380. The molecule has 1 unspecified atom stereocenters. The topological polar surface area (TPSA) is 15.3 Å². The molecule has 1 aromatic rings. The van der Waals surface area contributed by atoms with E-state index < -0.39 is 0 Å². The summed E-state index contributed by atoms with van der Waals surface area (Å²) in [7, 11) is 0. The first-order valence-corrected chi connectivity index (χ1v) is 9.41. The standard InChI is InChI=1S/C18H32N2S/c1-5-16-7-6-8-20(12-16)13-17-9-18(21-15(17)4)11-19-10-14(2)3/h9,14,16,19H,5-8,10-13H2,1-4H3. The second kappa shape index (κ2) is 8.30. The summed E-state index contributed by atoms with van der Waals surface area (Å²) in [6, 6.07) is 2.43. The van der Waals surface area contributed by atoms with Crippen LogP contribution in [0.1, 0.15) is 55.4 Å². The smallest absolute Gasteiger partial charge is 0.0300 e. The van der Waals surface area contributed by atoms with Gasteiger partial charge in [-0.25, -0.2) is 0 Å². The Morgan fingerprint density at radius 3 is 2.95 bits per heavy atom. The van der Waals surface area contributed by atoms with Gasteiger partial charge < -0.3 is 5.32 Å². The first-order chi connectivity index (χ1) is 10.1. The van der Waals surface area contributed by atoms with E-state index in [0.717, 1.165) is 31.5 Å². The number of nitrogens with one attached hydrogen (secondary N) is 1. The molecular formula is C18H32N2S. The molecule has 0 spiro atoms. The van der Waals surface area contributed by atoms with Gasteiger partial charge in [0.2, 0.25) is 0 Å². The second-order valence-electron chi connectivity index (χ2n) is 6.97.